The fraction of sp³-hybridized carbons (Fsp3) is 0.250. The van der Waals surface area contributed by atoms with E-state index in [2.05, 4.69) is 20.5 Å². The number of carbonyl (C=O) groups excluding carboxylic acids is 1. The van der Waals surface area contributed by atoms with Crippen molar-refractivity contribution in [1.82, 2.24) is 24.5 Å². The summed E-state index contributed by atoms with van der Waals surface area (Å²) >= 11 is 5.95. The zero-order valence-corrected chi connectivity index (χ0v) is 15.3. The number of anilines is 1. The number of benzene rings is 1. The van der Waals surface area contributed by atoms with E-state index < -0.39 is 10.8 Å². The second kappa shape index (κ2) is 7.54. The van der Waals surface area contributed by atoms with Crippen molar-refractivity contribution in [3.8, 4) is 0 Å². The second-order valence-corrected chi connectivity index (χ2v) is 6.31. The van der Waals surface area contributed by atoms with E-state index in [1.807, 2.05) is 18.2 Å². The van der Waals surface area contributed by atoms with Crippen LogP contribution in [0.4, 0.5) is 11.6 Å². The van der Waals surface area contributed by atoms with E-state index in [1.54, 1.807) is 17.7 Å². The average Bonchev–Trinajstić information content (AvgIpc) is 3.11. The van der Waals surface area contributed by atoms with Crippen LogP contribution in [0, 0.1) is 24.0 Å². The van der Waals surface area contributed by atoms with E-state index in [1.165, 1.54) is 17.9 Å². The Hall–Kier alpha value is -3.27. The number of aromatic nitrogens is 5. The molecule has 0 aliphatic carbocycles. The first-order valence-corrected chi connectivity index (χ1v) is 8.33. The molecule has 2 heterocycles. The molecule has 0 spiro atoms. The first-order valence-electron chi connectivity index (χ1n) is 7.95. The zero-order valence-electron chi connectivity index (χ0n) is 14.6. The fourth-order valence-corrected chi connectivity index (χ4v) is 2.87. The zero-order chi connectivity index (χ0) is 19.6. The van der Waals surface area contributed by atoms with Crippen LogP contribution in [0.3, 0.4) is 0 Å². The van der Waals surface area contributed by atoms with Crippen molar-refractivity contribution < 1.29 is 9.72 Å². The molecule has 0 atom stereocenters. The number of nitro groups is 1. The summed E-state index contributed by atoms with van der Waals surface area (Å²) in [6.45, 7) is 3.35. The average molecular weight is 390 g/mol. The van der Waals surface area contributed by atoms with Crippen molar-refractivity contribution in [1.29, 1.82) is 0 Å². The highest BCUT2D eigenvalue weighted by Gasteiger charge is 2.23. The van der Waals surface area contributed by atoms with Crippen molar-refractivity contribution >= 4 is 29.1 Å². The van der Waals surface area contributed by atoms with Gasteiger partial charge in [0, 0.05) is 5.02 Å². The van der Waals surface area contributed by atoms with Crippen LogP contribution in [-0.4, -0.2) is 35.4 Å². The Balaban J connectivity index is 1.65. The lowest BCUT2D eigenvalue weighted by molar-refractivity contribution is -0.386. The van der Waals surface area contributed by atoms with Gasteiger partial charge >= 0.3 is 5.69 Å². The molecule has 2 aromatic heterocycles. The first-order chi connectivity index (χ1) is 12.8. The van der Waals surface area contributed by atoms with Crippen LogP contribution in [0.2, 0.25) is 5.02 Å². The van der Waals surface area contributed by atoms with Crippen LogP contribution in [0.5, 0.6) is 0 Å². The van der Waals surface area contributed by atoms with Gasteiger partial charge in [-0.05, 0) is 31.5 Å². The quantitative estimate of drug-likeness (QED) is 0.510. The third-order valence-electron chi connectivity index (χ3n) is 3.84. The molecule has 1 N–H and O–H groups in total. The summed E-state index contributed by atoms with van der Waals surface area (Å²) in [4.78, 5) is 26.7. The number of nitrogens with one attached hydrogen (secondary N) is 1. The molecule has 1 aromatic carbocycles. The molecule has 27 heavy (non-hydrogen) atoms. The molecule has 3 aromatic rings. The number of nitrogens with zero attached hydrogens (tertiary/aromatic N) is 6. The Morgan fingerprint density at radius 3 is 2.78 bits per heavy atom. The number of aryl methyl sites for hydroxylation is 1. The van der Waals surface area contributed by atoms with Gasteiger partial charge in [-0.1, -0.05) is 23.7 Å². The highest BCUT2D eigenvalue weighted by atomic mass is 35.5. The maximum absolute atomic E-state index is 12.2. The largest absolute Gasteiger partial charge is 0.312 e. The van der Waals surface area contributed by atoms with Gasteiger partial charge in [0.05, 0.1) is 11.5 Å². The number of rotatable bonds is 6. The topological polar surface area (TPSA) is 121 Å². The van der Waals surface area contributed by atoms with Gasteiger partial charge in [-0.3, -0.25) is 24.9 Å². The number of amides is 1. The van der Waals surface area contributed by atoms with E-state index in [9.17, 15) is 14.9 Å². The predicted molar refractivity (Wildman–Crippen MR) is 97.6 cm³/mol. The molecular weight excluding hydrogens is 374 g/mol. The maximum Gasteiger partial charge on any atom is 0.312 e. The van der Waals surface area contributed by atoms with Gasteiger partial charge in [0.25, 0.3) is 0 Å². The molecule has 3 rings (SSSR count). The molecule has 10 nitrogen and oxygen atoms in total. The molecule has 0 saturated heterocycles. The Labute approximate surface area is 158 Å². The number of hydrogen-bond acceptors (Lipinski definition) is 6. The summed E-state index contributed by atoms with van der Waals surface area (Å²) in [5.41, 5.74) is 1.42. The normalized spacial score (nSPS) is 10.8. The molecule has 0 saturated carbocycles. The van der Waals surface area contributed by atoms with Crippen LogP contribution in [0.15, 0.2) is 30.6 Å². The lowest BCUT2D eigenvalue weighted by Crippen LogP contribution is -2.21. The van der Waals surface area contributed by atoms with E-state index in [0.29, 0.717) is 17.3 Å². The standard InChI is InChI=1S/C16H16ClN7O3/c1-10-15(24(26)27)11(2)23(20-10)8-14(25)19-16-18-9-22(21-16)7-12-4-3-5-13(17)6-12/h3-6,9H,7-8H2,1-2H3,(H,19,21,25). The SMILES string of the molecule is Cc1nn(CC(=O)Nc2ncn(Cc3cccc(Cl)c3)n2)c(C)c1[N+](=O)[O-]. The van der Waals surface area contributed by atoms with Gasteiger partial charge in [-0.15, -0.1) is 5.10 Å². The number of carbonyl (C=O) groups is 1. The van der Waals surface area contributed by atoms with Crippen LogP contribution < -0.4 is 5.32 Å². The van der Waals surface area contributed by atoms with Crippen LogP contribution in [0.25, 0.3) is 0 Å². The molecular formula is C16H16ClN7O3. The van der Waals surface area contributed by atoms with Gasteiger partial charge in [-0.25, -0.2) is 9.67 Å². The summed E-state index contributed by atoms with van der Waals surface area (Å²) in [5, 5.41) is 22.4. The van der Waals surface area contributed by atoms with Crippen molar-refractivity contribution in [3.05, 3.63) is 62.7 Å². The smallest absolute Gasteiger partial charge is 0.292 e. The van der Waals surface area contributed by atoms with E-state index in [0.717, 1.165) is 5.56 Å². The maximum atomic E-state index is 12.2. The molecule has 0 aliphatic rings. The summed E-state index contributed by atoms with van der Waals surface area (Å²) in [7, 11) is 0. The molecule has 0 unspecified atom stereocenters. The van der Waals surface area contributed by atoms with Gasteiger partial charge in [0.2, 0.25) is 11.9 Å². The van der Waals surface area contributed by atoms with Crippen molar-refractivity contribution in [2.75, 3.05) is 5.32 Å². The van der Waals surface area contributed by atoms with Crippen molar-refractivity contribution in [2.24, 2.45) is 0 Å². The minimum atomic E-state index is -0.509. The van der Waals surface area contributed by atoms with Gasteiger partial charge in [0.15, 0.2) is 0 Å². The molecule has 140 valence electrons. The van der Waals surface area contributed by atoms with Gasteiger partial charge in [0.1, 0.15) is 24.3 Å². The van der Waals surface area contributed by atoms with E-state index in [4.69, 9.17) is 11.6 Å². The highest BCUT2D eigenvalue weighted by Crippen LogP contribution is 2.21. The fourth-order valence-electron chi connectivity index (χ4n) is 2.66. The molecule has 0 bridgehead atoms. The third-order valence-corrected chi connectivity index (χ3v) is 4.08. The summed E-state index contributed by atoms with van der Waals surface area (Å²) < 4.78 is 2.85. The third kappa shape index (κ3) is 4.29. The van der Waals surface area contributed by atoms with E-state index in [-0.39, 0.29) is 23.9 Å². The second-order valence-electron chi connectivity index (χ2n) is 5.88. The minimum Gasteiger partial charge on any atom is -0.292 e. The summed E-state index contributed by atoms with van der Waals surface area (Å²) in [6, 6.07) is 7.34. The predicted octanol–water partition coefficient (Wildman–Crippen LogP) is 2.34. The van der Waals surface area contributed by atoms with Crippen LogP contribution in [-0.2, 0) is 17.9 Å². The molecule has 0 radical (unpaired) electrons. The number of hydrogen-bond donors (Lipinski definition) is 1. The molecule has 0 aliphatic heterocycles. The van der Waals surface area contributed by atoms with Gasteiger partial charge in [-0.2, -0.15) is 5.10 Å². The Bertz CT molecular complexity index is 1010. The lowest BCUT2D eigenvalue weighted by atomic mass is 10.2. The van der Waals surface area contributed by atoms with Gasteiger partial charge < -0.3 is 0 Å². The minimum absolute atomic E-state index is 0.0910. The number of halogens is 1. The molecule has 1 amide bonds. The summed E-state index contributed by atoms with van der Waals surface area (Å²) in [5.74, 6) is -0.297. The highest BCUT2D eigenvalue weighted by molar-refractivity contribution is 6.30. The van der Waals surface area contributed by atoms with E-state index >= 15 is 0 Å². The lowest BCUT2D eigenvalue weighted by Gasteiger charge is -2.03. The molecule has 11 heteroatoms. The van der Waals surface area contributed by atoms with Crippen molar-refractivity contribution in [3.63, 3.8) is 0 Å². The Kier molecular flexibility index (Phi) is 5.17. The van der Waals surface area contributed by atoms with Crippen LogP contribution in [0.1, 0.15) is 17.0 Å². The Morgan fingerprint density at radius 1 is 1.33 bits per heavy atom. The van der Waals surface area contributed by atoms with Crippen molar-refractivity contribution in [2.45, 2.75) is 26.9 Å². The molecule has 0 fully saturated rings. The first kappa shape index (κ1) is 18.5. The monoisotopic (exact) mass is 389 g/mol. The van der Waals surface area contributed by atoms with Crippen LogP contribution >= 0.6 is 11.6 Å². The Morgan fingerprint density at radius 2 is 2.11 bits per heavy atom. The summed E-state index contributed by atoms with van der Waals surface area (Å²) in [6.07, 6.45) is 1.49.